The van der Waals surface area contributed by atoms with Gasteiger partial charge in [-0.2, -0.15) is 0 Å². The van der Waals surface area contributed by atoms with Gasteiger partial charge in [-0.1, -0.05) is 0 Å². The number of ether oxygens (including phenoxy) is 5. The molecule has 0 saturated carbocycles. The second-order valence-corrected chi connectivity index (χ2v) is 8.33. The number of hydrogen-bond acceptors (Lipinski definition) is 16. The SMILES string of the molecule is OC[C@H]1OC(O)[C@H](O[C@@H]2O[C@H](CO)[C@@H](O)[C@H](O)[C@H]2O)[C@@H](O[C@H]2O[C@H](CO)[C@@H](O)[C@H](O)[C@@H]2O)[C@H]1O. The molecule has 0 aromatic heterocycles. The van der Waals surface area contributed by atoms with E-state index in [-0.39, 0.29) is 0 Å². The first-order valence-electron chi connectivity index (χ1n) is 10.6. The van der Waals surface area contributed by atoms with Crippen molar-refractivity contribution in [1.82, 2.24) is 0 Å². The molecule has 0 radical (unpaired) electrons. The Morgan fingerprint density at radius 1 is 0.441 bits per heavy atom. The summed E-state index contributed by atoms with van der Waals surface area (Å²) in [6.07, 6.45) is -25.6. The van der Waals surface area contributed by atoms with Crippen molar-refractivity contribution < 1.29 is 79.9 Å². The number of rotatable bonds is 7. The Hall–Kier alpha value is -0.640. The lowest BCUT2D eigenvalue weighted by Crippen LogP contribution is -2.67. The molecular formula is C18H32O16. The van der Waals surface area contributed by atoms with Gasteiger partial charge in [0.15, 0.2) is 18.9 Å². The van der Waals surface area contributed by atoms with Gasteiger partial charge in [0.1, 0.15) is 73.2 Å². The van der Waals surface area contributed by atoms with Crippen LogP contribution in [0.3, 0.4) is 0 Å². The van der Waals surface area contributed by atoms with Gasteiger partial charge in [-0.3, -0.25) is 0 Å². The first kappa shape index (κ1) is 27.9. The molecule has 0 aromatic rings. The summed E-state index contributed by atoms with van der Waals surface area (Å²) < 4.78 is 26.5. The highest BCUT2D eigenvalue weighted by Crippen LogP contribution is 2.32. The fourth-order valence-electron chi connectivity index (χ4n) is 4.03. The molecule has 0 amide bonds. The topological polar surface area (TPSA) is 269 Å². The summed E-state index contributed by atoms with van der Waals surface area (Å²) in [5, 5.41) is 109. The molecule has 1 unspecified atom stereocenters. The van der Waals surface area contributed by atoms with Gasteiger partial charge in [-0.25, -0.2) is 0 Å². The third-order valence-corrected chi connectivity index (χ3v) is 6.10. The maximum absolute atomic E-state index is 10.6. The summed E-state index contributed by atoms with van der Waals surface area (Å²) in [5.74, 6) is 0. The van der Waals surface area contributed by atoms with E-state index in [9.17, 15) is 56.2 Å². The smallest absolute Gasteiger partial charge is 0.187 e. The third kappa shape index (κ3) is 5.37. The van der Waals surface area contributed by atoms with E-state index in [2.05, 4.69) is 0 Å². The molecule has 3 fully saturated rings. The monoisotopic (exact) mass is 504 g/mol. The highest BCUT2D eigenvalue weighted by molar-refractivity contribution is 4.96. The van der Waals surface area contributed by atoms with Gasteiger partial charge >= 0.3 is 0 Å². The van der Waals surface area contributed by atoms with Gasteiger partial charge in [0, 0.05) is 0 Å². The Bertz CT molecular complexity index is 637. The second kappa shape index (κ2) is 11.6. The average molecular weight is 504 g/mol. The van der Waals surface area contributed by atoms with E-state index in [1.807, 2.05) is 0 Å². The molecule has 3 aliphatic heterocycles. The van der Waals surface area contributed by atoms with Gasteiger partial charge in [0.2, 0.25) is 0 Å². The zero-order valence-electron chi connectivity index (χ0n) is 17.7. The van der Waals surface area contributed by atoms with Crippen LogP contribution >= 0.6 is 0 Å². The molecule has 3 aliphatic rings. The molecule has 3 rings (SSSR count). The van der Waals surface area contributed by atoms with E-state index in [1.54, 1.807) is 0 Å². The van der Waals surface area contributed by atoms with E-state index in [0.717, 1.165) is 0 Å². The van der Waals surface area contributed by atoms with Crippen LogP contribution in [-0.2, 0) is 23.7 Å². The van der Waals surface area contributed by atoms with Crippen LogP contribution in [0.15, 0.2) is 0 Å². The summed E-state index contributed by atoms with van der Waals surface area (Å²) in [6.45, 7) is -2.33. The van der Waals surface area contributed by atoms with E-state index in [4.69, 9.17) is 23.7 Å². The molecule has 16 heteroatoms. The first-order valence-corrected chi connectivity index (χ1v) is 10.6. The largest absolute Gasteiger partial charge is 0.394 e. The van der Waals surface area contributed by atoms with Crippen LogP contribution in [0.25, 0.3) is 0 Å². The molecule has 200 valence electrons. The van der Waals surface area contributed by atoms with Crippen molar-refractivity contribution in [2.24, 2.45) is 0 Å². The molecule has 0 aromatic carbocycles. The van der Waals surface area contributed by atoms with E-state index < -0.39 is 112 Å². The highest BCUT2D eigenvalue weighted by Gasteiger charge is 2.53. The normalized spacial score (nSPS) is 52.5. The number of aliphatic hydroxyl groups is 11. The fraction of sp³-hybridized carbons (Fsp3) is 1.00. The molecule has 0 aliphatic carbocycles. The zero-order chi connectivity index (χ0) is 25.3. The summed E-state index contributed by atoms with van der Waals surface area (Å²) in [4.78, 5) is 0. The van der Waals surface area contributed by atoms with E-state index in [0.29, 0.717) is 0 Å². The lowest BCUT2D eigenvalue weighted by molar-refractivity contribution is -0.387. The first-order chi connectivity index (χ1) is 16.0. The Labute approximate surface area is 192 Å². The minimum atomic E-state index is -1.94. The maximum Gasteiger partial charge on any atom is 0.187 e. The van der Waals surface area contributed by atoms with Crippen LogP contribution in [0.5, 0.6) is 0 Å². The predicted octanol–water partition coefficient (Wildman–Crippen LogP) is -7.57. The second-order valence-electron chi connectivity index (χ2n) is 8.33. The van der Waals surface area contributed by atoms with Crippen molar-refractivity contribution >= 4 is 0 Å². The fourth-order valence-corrected chi connectivity index (χ4v) is 4.03. The Morgan fingerprint density at radius 2 is 0.824 bits per heavy atom. The molecule has 15 atom stereocenters. The standard InChI is InChI=1S/C18H32O16/c19-1-4-7(22)10(25)12(27)17(31-4)33-14-9(24)6(3-21)30-16(29)15(14)34-18-13(28)11(26)8(23)5(2-20)32-18/h4-29H,1-3H2/t4-,5-,6-,7-,8-,9+,10+,11+,12+,13-,14+,15-,16?,17-,18+/m1/s1. The highest BCUT2D eigenvalue weighted by atomic mass is 16.8. The van der Waals surface area contributed by atoms with Crippen molar-refractivity contribution in [1.29, 1.82) is 0 Å². The van der Waals surface area contributed by atoms with Crippen LogP contribution in [-0.4, -0.2) is 168 Å². The van der Waals surface area contributed by atoms with Crippen molar-refractivity contribution in [3.63, 3.8) is 0 Å². The van der Waals surface area contributed by atoms with E-state index in [1.165, 1.54) is 0 Å². The predicted molar refractivity (Wildman–Crippen MR) is 101 cm³/mol. The van der Waals surface area contributed by atoms with Gasteiger partial charge in [-0.15, -0.1) is 0 Å². The van der Waals surface area contributed by atoms with Gasteiger partial charge in [0.05, 0.1) is 19.8 Å². The summed E-state index contributed by atoms with van der Waals surface area (Å²) in [5.41, 5.74) is 0. The number of hydrogen-bond donors (Lipinski definition) is 11. The van der Waals surface area contributed by atoms with Gasteiger partial charge in [0.25, 0.3) is 0 Å². The van der Waals surface area contributed by atoms with Crippen molar-refractivity contribution in [3.05, 3.63) is 0 Å². The van der Waals surface area contributed by atoms with Crippen LogP contribution in [0.2, 0.25) is 0 Å². The van der Waals surface area contributed by atoms with Gasteiger partial charge in [-0.05, 0) is 0 Å². The molecule has 34 heavy (non-hydrogen) atoms. The summed E-state index contributed by atoms with van der Waals surface area (Å²) in [7, 11) is 0. The van der Waals surface area contributed by atoms with E-state index >= 15 is 0 Å². The zero-order valence-corrected chi connectivity index (χ0v) is 17.7. The molecule has 3 heterocycles. The van der Waals surface area contributed by atoms with Crippen LogP contribution < -0.4 is 0 Å². The Morgan fingerprint density at radius 3 is 1.24 bits per heavy atom. The van der Waals surface area contributed by atoms with Gasteiger partial charge < -0.3 is 79.9 Å². The number of aliphatic hydroxyl groups excluding tert-OH is 11. The van der Waals surface area contributed by atoms with Crippen molar-refractivity contribution in [2.75, 3.05) is 19.8 Å². The molecular weight excluding hydrogens is 472 g/mol. The molecule has 0 bridgehead atoms. The lowest BCUT2D eigenvalue weighted by Gasteiger charge is -2.48. The molecule has 16 nitrogen and oxygen atoms in total. The minimum absolute atomic E-state index is 0.769. The van der Waals surface area contributed by atoms with Crippen LogP contribution in [0, 0.1) is 0 Å². The quantitative estimate of drug-likeness (QED) is 0.154. The average Bonchev–Trinajstić information content (AvgIpc) is 2.83. The lowest BCUT2D eigenvalue weighted by atomic mass is 9.96. The molecule has 11 N–H and O–H groups in total. The molecule has 0 spiro atoms. The maximum atomic E-state index is 10.6. The Kier molecular flexibility index (Phi) is 9.54. The minimum Gasteiger partial charge on any atom is -0.394 e. The summed E-state index contributed by atoms with van der Waals surface area (Å²) in [6, 6.07) is 0. The van der Waals surface area contributed by atoms with Crippen LogP contribution in [0.4, 0.5) is 0 Å². The van der Waals surface area contributed by atoms with Crippen molar-refractivity contribution in [2.45, 2.75) is 92.1 Å². The third-order valence-electron chi connectivity index (χ3n) is 6.10. The summed E-state index contributed by atoms with van der Waals surface area (Å²) >= 11 is 0. The van der Waals surface area contributed by atoms with Crippen molar-refractivity contribution in [3.8, 4) is 0 Å². The molecule has 3 saturated heterocycles. The Balaban J connectivity index is 1.83. The van der Waals surface area contributed by atoms with Crippen LogP contribution in [0.1, 0.15) is 0 Å².